The van der Waals surface area contributed by atoms with Crippen molar-refractivity contribution in [3.63, 3.8) is 0 Å². The monoisotopic (exact) mass is 422 g/mol. The minimum absolute atomic E-state index is 0.0709. The average molecular weight is 423 g/mol. The van der Waals surface area contributed by atoms with E-state index in [0.717, 1.165) is 24.9 Å². The number of piperidine rings is 1. The smallest absolute Gasteiger partial charge is 0.262 e. The van der Waals surface area contributed by atoms with Crippen LogP contribution in [0.1, 0.15) is 46.5 Å². The number of hydrogen-bond donors (Lipinski definition) is 1. The molecule has 2 atom stereocenters. The van der Waals surface area contributed by atoms with E-state index in [4.69, 9.17) is 0 Å². The summed E-state index contributed by atoms with van der Waals surface area (Å²) in [6.45, 7) is 2.84. The fraction of sp³-hybridized carbons (Fsp3) is 0.435. The van der Waals surface area contributed by atoms with Gasteiger partial charge in [-0.25, -0.2) is 4.98 Å². The molecule has 2 aliphatic rings. The summed E-state index contributed by atoms with van der Waals surface area (Å²) in [5.41, 5.74) is 2.00. The predicted octanol–water partition coefficient (Wildman–Crippen LogP) is 3.23. The molecule has 7 heteroatoms. The lowest BCUT2D eigenvalue weighted by Gasteiger charge is -2.39. The molecule has 2 saturated heterocycles. The third-order valence-corrected chi connectivity index (χ3v) is 7.84. The molecule has 1 amide bonds. The molecule has 0 saturated carbocycles. The molecule has 2 unspecified atom stereocenters. The molecule has 0 spiro atoms. The first kappa shape index (κ1) is 19.5. The maximum atomic E-state index is 13.1. The van der Waals surface area contributed by atoms with Crippen LogP contribution in [0.15, 0.2) is 41.5 Å². The van der Waals surface area contributed by atoms with Crippen molar-refractivity contribution >= 4 is 27.5 Å². The number of nitrogens with zero attached hydrogens (tertiary/aromatic N) is 3. The molecule has 3 aromatic rings. The Morgan fingerprint density at radius 1 is 1.20 bits per heavy atom. The number of thiophene rings is 1. The zero-order chi connectivity index (χ0) is 20.8. The summed E-state index contributed by atoms with van der Waals surface area (Å²) < 4.78 is 1.46. The van der Waals surface area contributed by atoms with Crippen LogP contribution in [0.4, 0.5) is 0 Å². The van der Waals surface area contributed by atoms with Gasteiger partial charge in [0.2, 0.25) is 0 Å². The molecule has 2 fully saturated rings. The van der Waals surface area contributed by atoms with Gasteiger partial charge >= 0.3 is 0 Å². The number of benzene rings is 1. The van der Waals surface area contributed by atoms with Crippen molar-refractivity contribution in [1.29, 1.82) is 0 Å². The number of hydrogen-bond acceptors (Lipinski definition) is 5. The van der Waals surface area contributed by atoms with Crippen molar-refractivity contribution in [3.8, 4) is 0 Å². The number of nitrogens with one attached hydrogen (secondary N) is 1. The number of carbonyl (C=O) groups excluding carboxylic acids is 1. The Bertz CT molecular complexity index is 1140. The fourth-order valence-electron chi connectivity index (χ4n) is 5.12. The van der Waals surface area contributed by atoms with Gasteiger partial charge in [0, 0.05) is 31.7 Å². The molecule has 6 nitrogen and oxygen atoms in total. The number of amides is 1. The second kappa shape index (κ2) is 7.63. The molecular weight excluding hydrogens is 396 g/mol. The van der Waals surface area contributed by atoms with Gasteiger partial charge in [0.1, 0.15) is 4.83 Å². The molecule has 2 aliphatic heterocycles. The van der Waals surface area contributed by atoms with Crippen LogP contribution in [0.5, 0.6) is 0 Å². The van der Waals surface area contributed by atoms with E-state index < -0.39 is 0 Å². The highest BCUT2D eigenvalue weighted by atomic mass is 32.1. The third-order valence-electron chi connectivity index (χ3n) is 6.64. The van der Waals surface area contributed by atoms with Gasteiger partial charge in [-0.1, -0.05) is 30.3 Å². The van der Waals surface area contributed by atoms with Crippen LogP contribution in [-0.4, -0.2) is 38.5 Å². The summed E-state index contributed by atoms with van der Waals surface area (Å²) in [6.07, 6.45) is 5.89. The normalized spacial score (nSPS) is 23.7. The Labute approximate surface area is 179 Å². The van der Waals surface area contributed by atoms with E-state index in [-0.39, 0.29) is 17.5 Å². The Balaban J connectivity index is 1.30. The highest BCUT2D eigenvalue weighted by Crippen LogP contribution is 2.37. The first-order valence-corrected chi connectivity index (χ1v) is 11.4. The first-order valence-electron chi connectivity index (χ1n) is 10.6. The van der Waals surface area contributed by atoms with E-state index in [1.54, 1.807) is 7.05 Å². The topological polar surface area (TPSA) is 67.2 Å². The van der Waals surface area contributed by atoms with Gasteiger partial charge in [-0.2, -0.15) is 0 Å². The fourth-order valence-corrected chi connectivity index (χ4v) is 6.16. The van der Waals surface area contributed by atoms with Gasteiger partial charge < -0.3 is 9.88 Å². The van der Waals surface area contributed by atoms with Gasteiger partial charge in [0.25, 0.3) is 11.5 Å². The number of fused-ring (bicyclic) bond motifs is 3. The summed E-state index contributed by atoms with van der Waals surface area (Å²) in [5.74, 6) is -0.0709. The van der Waals surface area contributed by atoms with Crippen molar-refractivity contribution in [2.75, 3.05) is 0 Å². The number of aryl methyl sites for hydroxylation is 2. The molecule has 5 rings (SSSR count). The van der Waals surface area contributed by atoms with Crippen LogP contribution < -0.4 is 10.9 Å². The van der Waals surface area contributed by atoms with Crippen LogP contribution >= 0.6 is 11.3 Å². The van der Waals surface area contributed by atoms with Crippen molar-refractivity contribution in [2.45, 2.75) is 57.3 Å². The molecule has 156 valence electrons. The SMILES string of the molecule is Cc1c(C(=O)NC2CC3CCC(C2)N3Cc2ccccc2)sc2ncn(C)c(=O)c12. The Morgan fingerprint density at radius 2 is 1.90 bits per heavy atom. The van der Waals surface area contributed by atoms with Crippen LogP contribution in [0.2, 0.25) is 0 Å². The minimum Gasteiger partial charge on any atom is -0.348 e. The van der Waals surface area contributed by atoms with E-state index >= 15 is 0 Å². The van der Waals surface area contributed by atoms with Crippen LogP contribution in [0, 0.1) is 6.92 Å². The highest BCUT2D eigenvalue weighted by Gasteiger charge is 2.41. The van der Waals surface area contributed by atoms with Gasteiger partial charge in [0.05, 0.1) is 16.6 Å². The number of aromatic nitrogens is 2. The standard InChI is InChI=1S/C23H26N4O2S/c1-14-19-22(24-13-26(2)23(19)29)30-20(14)21(28)25-16-10-17-8-9-18(11-16)27(17)12-15-6-4-3-5-7-15/h3-7,13,16-18H,8-12H2,1-2H3,(H,25,28). The Kier molecular flexibility index (Phi) is 4.95. The molecule has 1 N–H and O–H groups in total. The van der Waals surface area contributed by atoms with Crippen molar-refractivity contribution in [1.82, 2.24) is 19.8 Å². The second-order valence-electron chi connectivity index (χ2n) is 8.58. The lowest BCUT2D eigenvalue weighted by atomic mass is 9.96. The highest BCUT2D eigenvalue weighted by molar-refractivity contribution is 7.20. The summed E-state index contributed by atoms with van der Waals surface area (Å²) in [5, 5.41) is 3.83. The maximum absolute atomic E-state index is 13.1. The lowest BCUT2D eigenvalue weighted by molar-refractivity contribution is 0.0831. The van der Waals surface area contributed by atoms with Crippen molar-refractivity contribution in [3.05, 3.63) is 63.0 Å². The molecule has 2 aromatic heterocycles. The van der Waals surface area contributed by atoms with Gasteiger partial charge in [-0.15, -0.1) is 11.3 Å². The predicted molar refractivity (Wildman–Crippen MR) is 119 cm³/mol. The van der Waals surface area contributed by atoms with E-state index in [1.165, 1.54) is 40.6 Å². The molecule has 1 aromatic carbocycles. The van der Waals surface area contributed by atoms with Crippen molar-refractivity contribution in [2.24, 2.45) is 7.05 Å². The lowest BCUT2D eigenvalue weighted by Crippen LogP contribution is -2.49. The minimum atomic E-state index is -0.0972. The zero-order valence-electron chi connectivity index (χ0n) is 17.3. The number of carbonyl (C=O) groups is 1. The van der Waals surface area contributed by atoms with Crippen LogP contribution in [0.3, 0.4) is 0 Å². The van der Waals surface area contributed by atoms with E-state index in [2.05, 4.69) is 45.5 Å². The second-order valence-corrected chi connectivity index (χ2v) is 9.58. The third kappa shape index (κ3) is 3.36. The van der Waals surface area contributed by atoms with E-state index in [9.17, 15) is 9.59 Å². The van der Waals surface area contributed by atoms with Gasteiger partial charge in [-0.05, 0) is 43.7 Å². The molecule has 30 heavy (non-hydrogen) atoms. The summed E-state index contributed by atoms with van der Waals surface area (Å²) in [6, 6.07) is 11.9. The molecule has 4 heterocycles. The average Bonchev–Trinajstić information content (AvgIpc) is 3.18. The summed E-state index contributed by atoms with van der Waals surface area (Å²) in [7, 11) is 1.69. The summed E-state index contributed by atoms with van der Waals surface area (Å²) >= 11 is 1.32. The zero-order valence-corrected chi connectivity index (χ0v) is 18.1. The Morgan fingerprint density at radius 3 is 2.60 bits per heavy atom. The van der Waals surface area contributed by atoms with Crippen LogP contribution in [0.25, 0.3) is 10.2 Å². The molecule has 2 bridgehead atoms. The van der Waals surface area contributed by atoms with Gasteiger partial charge in [0.15, 0.2) is 0 Å². The van der Waals surface area contributed by atoms with Crippen LogP contribution in [-0.2, 0) is 13.6 Å². The van der Waals surface area contributed by atoms with E-state index in [1.807, 2.05) is 6.92 Å². The van der Waals surface area contributed by atoms with E-state index in [0.29, 0.717) is 27.2 Å². The largest absolute Gasteiger partial charge is 0.348 e. The molecular formula is C23H26N4O2S. The quantitative estimate of drug-likeness (QED) is 0.701. The van der Waals surface area contributed by atoms with Crippen molar-refractivity contribution < 1.29 is 4.79 Å². The molecule has 0 aliphatic carbocycles. The van der Waals surface area contributed by atoms with Gasteiger partial charge in [-0.3, -0.25) is 14.5 Å². The number of rotatable bonds is 4. The maximum Gasteiger partial charge on any atom is 0.262 e. The first-order chi connectivity index (χ1) is 14.5. The molecule has 0 radical (unpaired) electrons. The summed E-state index contributed by atoms with van der Waals surface area (Å²) in [4.78, 5) is 33.7. The Hall–Kier alpha value is -2.51.